The maximum absolute atomic E-state index is 15.2. The van der Waals surface area contributed by atoms with Gasteiger partial charge in [0.05, 0.1) is 53.6 Å². The molecule has 0 unspecified atom stereocenters. The van der Waals surface area contributed by atoms with Crippen molar-refractivity contribution in [3.63, 3.8) is 0 Å². The number of methoxy groups -OCH3 is 2. The highest BCUT2D eigenvalue weighted by Gasteiger charge is 2.87. The van der Waals surface area contributed by atoms with Gasteiger partial charge in [0.1, 0.15) is 17.1 Å². The van der Waals surface area contributed by atoms with Gasteiger partial charge in [-0.15, -0.1) is 0 Å². The molecule has 0 bridgehead atoms. The number of esters is 2. The Kier molecular flexibility index (Phi) is 20.2. The molecule has 384 valence electrons. The molecule has 0 radical (unpaired) electrons. The number of amides is 6. The molecule has 6 amide bonds. The molecule has 3 aromatic carbocycles. The molecule has 2 fully saturated rings. The van der Waals surface area contributed by atoms with Gasteiger partial charge in [0.2, 0.25) is 11.7 Å². The molecule has 4 aliphatic heterocycles. The molecule has 0 aromatic heterocycles. The maximum Gasteiger partial charge on any atom is 0.358 e. The Morgan fingerprint density at radius 2 is 0.857 bits per heavy atom. The molecular weight excluding hydrogens is 1140 g/mol. The monoisotopic (exact) mass is 1170 g/mol. The molecule has 30 heteroatoms. The number of rotatable bonds is 9. The van der Waals surface area contributed by atoms with Crippen molar-refractivity contribution in [2.45, 2.75) is 71.2 Å². The van der Waals surface area contributed by atoms with Gasteiger partial charge in [0, 0.05) is 40.6 Å². The molecule has 2 atom stereocenters. The van der Waals surface area contributed by atoms with Crippen LogP contribution >= 0.6 is 104 Å². The third kappa shape index (κ3) is 10.8. The van der Waals surface area contributed by atoms with E-state index >= 15 is 9.59 Å². The van der Waals surface area contributed by atoms with E-state index in [0.717, 1.165) is 25.7 Å². The normalized spacial score (nSPS) is 18.2. The van der Waals surface area contributed by atoms with Gasteiger partial charge >= 0.3 is 24.0 Å². The molecule has 2 saturated heterocycles. The fourth-order valence-corrected chi connectivity index (χ4v) is 8.29. The van der Waals surface area contributed by atoms with E-state index in [2.05, 4.69) is 10.6 Å². The summed E-state index contributed by atoms with van der Waals surface area (Å²) in [6.07, 6.45) is 0. The van der Waals surface area contributed by atoms with E-state index in [1.165, 1.54) is 53.2 Å². The summed E-state index contributed by atoms with van der Waals surface area (Å²) in [4.78, 5) is 89.4. The van der Waals surface area contributed by atoms with Crippen molar-refractivity contribution in [3.05, 3.63) is 81.2 Å². The van der Waals surface area contributed by atoms with E-state index in [-0.39, 0.29) is 58.3 Å². The minimum atomic E-state index is -2.72. The van der Waals surface area contributed by atoms with Gasteiger partial charge in [0.25, 0.3) is 17.2 Å². The highest BCUT2D eigenvalue weighted by atomic mass is 35.6. The minimum absolute atomic E-state index is 0.00107. The number of benzene rings is 3. The summed E-state index contributed by atoms with van der Waals surface area (Å²) in [5.74, 6) is -16.6. The molecule has 4 heterocycles. The summed E-state index contributed by atoms with van der Waals surface area (Å²) in [6, 6.07) is 3.32. The first kappa shape index (κ1) is 58.5. The van der Waals surface area contributed by atoms with Crippen LogP contribution in [-0.2, 0) is 50.0 Å². The molecule has 0 saturated carbocycles. The van der Waals surface area contributed by atoms with Crippen molar-refractivity contribution >= 4 is 152 Å². The third-order valence-electron chi connectivity index (χ3n) is 10.6. The van der Waals surface area contributed by atoms with Gasteiger partial charge in [-0.05, 0) is 38.1 Å². The lowest BCUT2D eigenvalue weighted by Crippen LogP contribution is -2.75. The van der Waals surface area contributed by atoms with E-state index in [1.54, 1.807) is 0 Å². The summed E-state index contributed by atoms with van der Waals surface area (Å²) in [6.45, 7) is 1.10. The number of carbonyl (C=O) groups excluding carboxylic acids is 6. The van der Waals surface area contributed by atoms with Crippen LogP contribution in [0.15, 0.2) is 24.3 Å². The summed E-state index contributed by atoms with van der Waals surface area (Å²) >= 11 is 43.3. The van der Waals surface area contributed by atoms with Gasteiger partial charge < -0.3 is 29.6 Å². The molecule has 0 spiro atoms. The number of ether oxygens (including phenoxy) is 4. The van der Waals surface area contributed by atoms with Crippen molar-refractivity contribution in [2.75, 3.05) is 38.1 Å². The number of hydrogen-bond acceptors (Lipinski definition) is 10. The first-order valence-electron chi connectivity index (χ1n) is 19.5. The van der Waals surface area contributed by atoms with E-state index in [4.69, 9.17) is 123 Å². The predicted molar refractivity (Wildman–Crippen MR) is 250 cm³/mol. The third-order valence-corrected chi connectivity index (χ3v) is 10.6. The van der Waals surface area contributed by atoms with Crippen molar-refractivity contribution in [3.8, 4) is 11.5 Å². The van der Waals surface area contributed by atoms with Crippen molar-refractivity contribution in [2.24, 2.45) is 0 Å². The zero-order chi connectivity index (χ0) is 52.9. The van der Waals surface area contributed by atoms with Crippen LogP contribution in [-0.4, -0.2) is 107 Å². The standard InChI is InChI=1S/C37H33F5N6O10.3CHCl3/c1-6-57-32(51)36-37(33(52)58-7-2)46-13-18-20(24(56-5)11-9-22(18)44-31(50)25-26(38)28(40)30(42)29(41)27(25)39)15-48(37)34(53)45(36)12-17-19(14-47(36)35(46)54)23(55-4)10-8-21(17)43-16(3)49;3*2-1(3)4/h8-11H,6-7,12-15H2,1-5H3,(H,43,49)(H,44,50);3*1H/t36-,37-;;;/m1.../s1. The lowest BCUT2D eigenvalue weighted by atomic mass is 9.90. The fourth-order valence-electron chi connectivity index (χ4n) is 8.29. The summed E-state index contributed by atoms with van der Waals surface area (Å²) in [7, 11) is 2.57. The number of anilines is 2. The Bertz CT molecular complexity index is 2510. The average molecular weight is 1170 g/mol. The highest BCUT2D eigenvalue weighted by Crippen LogP contribution is 2.59. The van der Waals surface area contributed by atoms with Crippen molar-refractivity contribution in [1.82, 2.24) is 19.6 Å². The quantitative estimate of drug-likeness (QED) is 0.0689. The molecule has 4 aliphatic rings. The zero-order valence-corrected chi connectivity index (χ0v) is 43.3. The highest BCUT2D eigenvalue weighted by molar-refractivity contribution is 6.63. The van der Waals surface area contributed by atoms with Gasteiger partial charge in [-0.2, -0.15) is 0 Å². The van der Waals surface area contributed by atoms with Crippen LogP contribution in [0.25, 0.3) is 0 Å². The minimum Gasteiger partial charge on any atom is -0.496 e. The van der Waals surface area contributed by atoms with Crippen LogP contribution in [0.3, 0.4) is 0 Å². The van der Waals surface area contributed by atoms with Gasteiger partial charge in [-0.3, -0.25) is 29.2 Å². The van der Waals surface area contributed by atoms with E-state index < -0.39 is 121 Å². The molecule has 0 aliphatic carbocycles. The van der Waals surface area contributed by atoms with E-state index in [1.807, 2.05) is 0 Å². The van der Waals surface area contributed by atoms with Crippen molar-refractivity contribution in [1.29, 1.82) is 0 Å². The van der Waals surface area contributed by atoms with Crippen LogP contribution in [0.1, 0.15) is 53.4 Å². The number of halogens is 14. The second-order valence-corrected chi connectivity index (χ2v) is 20.0. The summed E-state index contributed by atoms with van der Waals surface area (Å²) in [5.41, 5.74) is -6.99. The number of fused-ring (bicyclic) bond motifs is 2. The van der Waals surface area contributed by atoms with Gasteiger partial charge in [-0.1, -0.05) is 104 Å². The molecule has 2 N–H and O–H groups in total. The van der Waals surface area contributed by atoms with Crippen molar-refractivity contribution < 1.29 is 69.7 Å². The SMILES string of the molecule is CCOC(=O)[C@@]12N3Cc4c(NC(C)=O)ccc(OC)c4CN1C(=O)N1Cc4c(NC(=O)c5c(F)c(F)c(F)c(F)c5F)ccc(OC)c4CN(C3=O)[C@@]12C(=O)OCC.ClC(Cl)Cl.ClC(Cl)Cl.ClC(Cl)Cl. The lowest BCUT2D eigenvalue weighted by Gasteiger charge is -2.43. The Morgan fingerprint density at radius 3 is 1.16 bits per heavy atom. The van der Waals surface area contributed by atoms with Crippen LogP contribution < -0.4 is 20.1 Å². The zero-order valence-electron chi connectivity index (χ0n) is 36.4. The Hall–Kier alpha value is -4.06. The number of alkyl halides is 9. The number of nitrogens with zero attached hydrogens (tertiary/aromatic N) is 4. The maximum atomic E-state index is 15.2. The Morgan fingerprint density at radius 1 is 0.557 bits per heavy atom. The Balaban J connectivity index is 0.000000799. The summed E-state index contributed by atoms with van der Waals surface area (Å²) in [5, 5.41) is 4.83. The van der Waals surface area contributed by atoms with Gasteiger partial charge in [0.15, 0.2) is 36.2 Å². The van der Waals surface area contributed by atoms with E-state index in [9.17, 15) is 41.1 Å². The first-order chi connectivity index (χ1) is 32.8. The predicted octanol–water partition coefficient (Wildman–Crippen LogP) is 10.3. The largest absolute Gasteiger partial charge is 0.496 e. The van der Waals surface area contributed by atoms with Crippen LogP contribution in [0.5, 0.6) is 11.5 Å². The smallest absolute Gasteiger partial charge is 0.358 e. The molecule has 7 rings (SSSR count). The second kappa shape index (κ2) is 24.1. The Labute approximate surface area is 440 Å². The van der Waals surface area contributed by atoms with Crippen LogP contribution in [0.2, 0.25) is 0 Å². The number of nitrogens with one attached hydrogen (secondary N) is 2. The summed E-state index contributed by atoms with van der Waals surface area (Å²) < 4.78 is 92.0. The molecule has 16 nitrogen and oxygen atoms in total. The second-order valence-electron chi connectivity index (χ2n) is 14.1. The average Bonchev–Trinajstić information content (AvgIpc) is 3.42. The number of hydrogen-bond donors (Lipinski definition) is 2. The molecule has 70 heavy (non-hydrogen) atoms. The topological polar surface area (TPSA) is 176 Å². The first-order valence-corrected chi connectivity index (χ1v) is 23.5. The van der Waals surface area contributed by atoms with Crippen LogP contribution in [0.4, 0.5) is 42.9 Å². The lowest BCUT2D eigenvalue weighted by molar-refractivity contribution is -0.191. The number of carbonyl (C=O) groups is 6. The van der Waals surface area contributed by atoms with E-state index in [0.29, 0.717) is 0 Å². The van der Waals surface area contributed by atoms with Gasteiger partial charge in [-0.25, -0.2) is 41.1 Å². The molecule has 3 aromatic rings. The fraction of sp³-hybridized carbons (Fsp3) is 0.400. The van der Waals surface area contributed by atoms with Crippen LogP contribution in [0, 0.1) is 29.1 Å². The molecular formula is C40H36Cl9F5N6O10. The number of urea groups is 2.